The van der Waals surface area contributed by atoms with Gasteiger partial charge in [0.1, 0.15) is 25.0 Å². The van der Waals surface area contributed by atoms with Crippen molar-refractivity contribution in [1.82, 2.24) is 15.5 Å². The molecule has 3 N–H and O–H groups in total. The van der Waals surface area contributed by atoms with Crippen molar-refractivity contribution in [1.29, 1.82) is 0 Å². The number of nitrogens with zero attached hydrogens (tertiary/aromatic N) is 1. The number of rotatable bonds is 5. The predicted molar refractivity (Wildman–Crippen MR) is 117 cm³/mol. The van der Waals surface area contributed by atoms with Crippen molar-refractivity contribution >= 4 is 23.5 Å². The van der Waals surface area contributed by atoms with Crippen LogP contribution >= 0.6 is 0 Å². The molecule has 2 aliphatic heterocycles. The lowest BCUT2D eigenvalue weighted by atomic mass is 9.94. The van der Waals surface area contributed by atoms with Crippen LogP contribution in [0.4, 0.5) is 23.7 Å². The molecular weight excluding hydrogens is 457 g/mol. The summed E-state index contributed by atoms with van der Waals surface area (Å²) in [5, 5.41) is 7.24. The van der Waals surface area contributed by atoms with Gasteiger partial charge in [-0.3, -0.25) is 9.59 Å². The molecule has 188 valence electrons. The molecule has 0 saturated carbocycles. The zero-order valence-corrected chi connectivity index (χ0v) is 19.2. The van der Waals surface area contributed by atoms with Gasteiger partial charge in [-0.05, 0) is 44.9 Å². The first-order chi connectivity index (χ1) is 15.9. The second-order valence-electron chi connectivity index (χ2n) is 8.73. The average molecular weight is 486 g/mol. The summed E-state index contributed by atoms with van der Waals surface area (Å²) < 4.78 is 48.7. The normalized spacial score (nSPS) is 22.6. The van der Waals surface area contributed by atoms with E-state index in [0.717, 1.165) is 0 Å². The van der Waals surface area contributed by atoms with Crippen LogP contribution in [0.15, 0.2) is 18.2 Å². The second-order valence-corrected chi connectivity index (χ2v) is 8.73. The lowest BCUT2D eigenvalue weighted by molar-refractivity contribution is -0.144. The summed E-state index contributed by atoms with van der Waals surface area (Å²) in [5.41, 5.74) is 0.723. The van der Waals surface area contributed by atoms with Gasteiger partial charge in [-0.1, -0.05) is 0 Å². The van der Waals surface area contributed by atoms with Crippen molar-refractivity contribution in [3.63, 3.8) is 0 Å². The highest BCUT2D eigenvalue weighted by atomic mass is 19.4. The van der Waals surface area contributed by atoms with Crippen molar-refractivity contribution in [2.75, 3.05) is 25.5 Å². The number of carbonyl (C=O) groups excluding carboxylic acids is 3. The van der Waals surface area contributed by atoms with E-state index in [2.05, 4.69) is 10.6 Å². The summed E-state index contributed by atoms with van der Waals surface area (Å²) in [6.45, 7) is 2.36. The number of fused-ring (bicyclic) bond motifs is 2. The molecule has 0 bridgehead atoms. The Labute approximate surface area is 195 Å². The minimum atomic E-state index is -4.48. The second kappa shape index (κ2) is 10.5. The molecule has 0 aliphatic carbocycles. The van der Waals surface area contributed by atoms with Crippen LogP contribution in [0.2, 0.25) is 0 Å². The molecule has 9 nitrogen and oxygen atoms in total. The summed E-state index contributed by atoms with van der Waals surface area (Å²) in [4.78, 5) is 38.6. The Morgan fingerprint density at radius 2 is 1.97 bits per heavy atom. The van der Waals surface area contributed by atoms with Crippen molar-refractivity contribution in [3.8, 4) is 5.75 Å². The first-order valence-corrected chi connectivity index (χ1v) is 11.0. The molecule has 0 spiro atoms. The molecule has 2 aliphatic rings. The standard InChI is InChI=1S/C22H29F3N4O5/c1-12(2)27-21(32)28-13-4-7-17-15(8-13)20(31)29(3)16-6-5-14(34-18(16)10-33-17)9-19(30)26-11-22(23,24)25/h4,7-8,12,14,16,18H,5-6,9-11H2,1-3H3,(H,26,30)(H2,27,28,32)/t14-,16-,18+/m0/s1. The Morgan fingerprint density at radius 1 is 1.24 bits per heavy atom. The highest BCUT2D eigenvalue weighted by Gasteiger charge is 2.39. The fourth-order valence-electron chi connectivity index (χ4n) is 4.01. The highest BCUT2D eigenvalue weighted by Crippen LogP contribution is 2.32. The molecule has 0 unspecified atom stereocenters. The molecule has 2 heterocycles. The summed E-state index contributed by atoms with van der Waals surface area (Å²) in [5.74, 6) is -0.745. The maximum absolute atomic E-state index is 13.2. The number of hydrogen-bond donors (Lipinski definition) is 3. The fourth-order valence-corrected chi connectivity index (χ4v) is 4.01. The maximum Gasteiger partial charge on any atom is 0.405 e. The van der Waals surface area contributed by atoms with Crippen molar-refractivity contribution in [2.24, 2.45) is 0 Å². The fraction of sp³-hybridized carbons (Fsp3) is 0.591. The number of nitrogens with one attached hydrogen (secondary N) is 3. The van der Waals surface area contributed by atoms with Crippen LogP contribution in [0.3, 0.4) is 0 Å². The first kappa shape index (κ1) is 25.6. The molecule has 12 heteroatoms. The maximum atomic E-state index is 13.2. The largest absolute Gasteiger partial charge is 0.490 e. The lowest BCUT2D eigenvalue weighted by Crippen LogP contribution is -2.54. The number of benzene rings is 1. The number of urea groups is 1. The van der Waals surface area contributed by atoms with Crippen LogP contribution in [0.25, 0.3) is 0 Å². The van der Waals surface area contributed by atoms with Gasteiger partial charge < -0.3 is 30.3 Å². The Morgan fingerprint density at radius 3 is 2.65 bits per heavy atom. The van der Waals surface area contributed by atoms with Crippen LogP contribution < -0.4 is 20.7 Å². The number of amides is 4. The van der Waals surface area contributed by atoms with Crippen LogP contribution in [0.1, 0.15) is 43.5 Å². The monoisotopic (exact) mass is 486 g/mol. The summed E-state index contributed by atoms with van der Waals surface area (Å²) in [7, 11) is 1.64. The van der Waals surface area contributed by atoms with Gasteiger partial charge in [0.05, 0.1) is 24.1 Å². The minimum absolute atomic E-state index is 0.0526. The molecule has 1 aromatic carbocycles. The summed E-state index contributed by atoms with van der Waals surface area (Å²) >= 11 is 0. The molecule has 4 amide bonds. The Balaban J connectivity index is 1.67. The third-order valence-corrected chi connectivity index (χ3v) is 5.59. The number of halogens is 3. The van der Waals surface area contributed by atoms with Gasteiger partial charge in [0, 0.05) is 18.8 Å². The third-order valence-electron chi connectivity index (χ3n) is 5.59. The van der Waals surface area contributed by atoms with E-state index in [1.165, 1.54) is 0 Å². The Hall–Kier alpha value is -3.02. The van der Waals surface area contributed by atoms with Gasteiger partial charge in [0.15, 0.2) is 0 Å². The van der Waals surface area contributed by atoms with Crippen molar-refractivity contribution in [3.05, 3.63) is 23.8 Å². The predicted octanol–water partition coefficient (Wildman–Crippen LogP) is 2.67. The van der Waals surface area contributed by atoms with Crippen LogP contribution in [0.5, 0.6) is 5.75 Å². The lowest BCUT2D eigenvalue weighted by Gasteiger charge is -2.42. The summed E-state index contributed by atoms with van der Waals surface area (Å²) in [6.07, 6.45) is -4.91. The summed E-state index contributed by atoms with van der Waals surface area (Å²) in [6, 6.07) is 3.96. The zero-order chi connectivity index (χ0) is 25.0. The number of hydrogen-bond acceptors (Lipinski definition) is 5. The smallest absolute Gasteiger partial charge is 0.405 e. The number of ether oxygens (including phenoxy) is 2. The number of alkyl halides is 3. The van der Waals surface area contributed by atoms with Crippen molar-refractivity contribution in [2.45, 2.75) is 63.6 Å². The van der Waals surface area contributed by atoms with E-state index in [-0.39, 0.29) is 36.6 Å². The van der Waals surface area contributed by atoms with E-state index < -0.39 is 36.9 Å². The Bertz CT molecular complexity index is 924. The molecule has 1 saturated heterocycles. The van der Waals surface area contributed by atoms with Gasteiger partial charge in [-0.2, -0.15) is 13.2 Å². The molecule has 1 fully saturated rings. The van der Waals surface area contributed by atoms with Crippen molar-refractivity contribution < 1.29 is 37.0 Å². The van der Waals surface area contributed by atoms with Gasteiger partial charge in [0.2, 0.25) is 5.91 Å². The van der Waals surface area contributed by atoms with Crippen LogP contribution in [-0.4, -0.2) is 73.4 Å². The van der Waals surface area contributed by atoms with E-state index in [9.17, 15) is 27.6 Å². The van der Waals surface area contributed by atoms with Crippen LogP contribution in [0, 0.1) is 0 Å². The number of likely N-dealkylation sites (N-methyl/N-ethyl adjacent to an activating group) is 1. The van der Waals surface area contributed by atoms with E-state index in [0.29, 0.717) is 24.3 Å². The minimum Gasteiger partial charge on any atom is -0.490 e. The zero-order valence-electron chi connectivity index (χ0n) is 19.2. The molecule has 0 aromatic heterocycles. The van der Waals surface area contributed by atoms with Gasteiger partial charge >= 0.3 is 12.2 Å². The average Bonchev–Trinajstić information content (AvgIpc) is 2.74. The Kier molecular flexibility index (Phi) is 7.90. The quantitative estimate of drug-likeness (QED) is 0.593. The van der Waals surface area contributed by atoms with E-state index in [1.54, 1.807) is 30.1 Å². The van der Waals surface area contributed by atoms with E-state index in [4.69, 9.17) is 9.47 Å². The molecular formula is C22H29F3N4O5. The number of anilines is 1. The van der Waals surface area contributed by atoms with E-state index in [1.807, 2.05) is 19.2 Å². The highest BCUT2D eigenvalue weighted by molar-refractivity contribution is 5.99. The molecule has 1 aromatic rings. The topological polar surface area (TPSA) is 109 Å². The molecule has 3 rings (SSSR count). The first-order valence-electron chi connectivity index (χ1n) is 11.0. The molecule has 3 atom stereocenters. The van der Waals surface area contributed by atoms with Gasteiger partial charge in [-0.25, -0.2) is 4.79 Å². The van der Waals surface area contributed by atoms with Crippen LogP contribution in [-0.2, 0) is 9.53 Å². The molecule has 0 radical (unpaired) electrons. The van der Waals surface area contributed by atoms with E-state index >= 15 is 0 Å². The number of carbonyl (C=O) groups is 3. The van der Waals surface area contributed by atoms with Gasteiger partial charge in [0.25, 0.3) is 5.91 Å². The molecule has 34 heavy (non-hydrogen) atoms. The van der Waals surface area contributed by atoms with Gasteiger partial charge in [-0.15, -0.1) is 0 Å². The SMILES string of the molecule is CC(C)NC(=O)Nc1ccc2c(c1)C(=O)N(C)[C@H]1CC[C@@H](CC(=O)NCC(F)(F)F)O[C@@H]1CO2. The third kappa shape index (κ3) is 6.75.